The van der Waals surface area contributed by atoms with E-state index in [4.69, 9.17) is 5.73 Å². The second-order valence-corrected chi connectivity index (χ2v) is 9.46. The number of carbonyl (C=O) groups excluding carboxylic acids is 4. The van der Waals surface area contributed by atoms with Crippen molar-refractivity contribution in [2.45, 2.75) is 45.2 Å². The average Bonchev–Trinajstić information content (AvgIpc) is 3.13. The van der Waals surface area contributed by atoms with Crippen LogP contribution in [0.5, 0.6) is 0 Å². The highest BCUT2D eigenvalue weighted by molar-refractivity contribution is 6.15. The van der Waals surface area contributed by atoms with Crippen LogP contribution in [0.25, 0.3) is 0 Å². The van der Waals surface area contributed by atoms with Gasteiger partial charge in [0.25, 0.3) is 11.8 Å². The third-order valence-corrected chi connectivity index (χ3v) is 6.55. The molecule has 0 unspecified atom stereocenters. The van der Waals surface area contributed by atoms with Gasteiger partial charge in [-0.3, -0.25) is 24.1 Å². The van der Waals surface area contributed by atoms with Crippen LogP contribution >= 0.6 is 0 Å². The van der Waals surface area contributed by atoms with Gasteiger partial charge in [-0.1, -0.05) is 32.0 Å². The summed E-state index contributed by atoms with van der Waals surface area (Å²) >= 11 is 0. The zero-order valence-corrected chi connectivity index (χ0v) is 20.1. The Kier molecular flexibility index (Phi) is 8.57. The summed E-state index contributed by atoms with van der Waals surface area (Å²) in [7, 11) is 2.13. The monoisotopic (exact) mass is 469 g/mol. The van der Waals surface area contributed by atoms with Crippen molar-refractivity contribution in [2.75, 3.05) is 32.0 Å². The molecule has 2 aliphatic rings. The largest absolute Gasteiger partial charge is 0.342 e. The molecule has 0 aliphatic carbocycles. The zero-order chi connectivity index (χ0) is 24.8. The average molecular weight is 470 g/mol. The number of benzene rings is 1. The summed E-state index contributed by atoms with van der Waals surface area (Å²) in [5.74, 6) is -1.85. The Balaban J connectivity index is 1.69. The molecule has 1 saturated heterocycles. The Labute approximate surface area is 200 Å². The second-order valence-electron chi connectivity index (χ2n) is 9.46. The summed E-state index contributed by atoms with van der Waals surface area (Å²) in [5.41, 5.74) is 7.51. The Bertz CT molecular complexity index is 934. The number of likely N-dealkylation sites (tertiary alicyclic amines) is 1. The van der Waals surface area contributed by atoms with Crippen molar-refractivity contribution in [3.05, 3.63) is 42.0 Å². The van der Waals surface area contributed by atoms with E-state index < -0.39 is 29.8 Å². The van der Waals surface area contributed by atoms with E-state index in [1.807, 2.05) is 38.1 Å². The van der Waals surface area contributed by atoms with E-state index in [1.54, 1.807) is 0 Å². The number of hydrogen-bond donors (Lipinski definition) is 3. The van der Waals surface area contributed by atoms with Gasteiger partial charge in [0.05, 0.1) is 0 Å². The normalized spacial score (nSPS) is 18.9. The molecule has 2 atom stereocenters. The number of nitrogens with one attached hydrogen (secondary N) is 2. The summed E-state index contributed by atoms with van der Waals surface area (Å²) in [6, 6.07) is 5.69. The van der Waals surface area contributed by atoms with E-state index in [9.17, 15) is 19.2 Å². The molecule has 9 heteroatoms. The molecule has 0 radical (unpaired) electrons. The summed E-state index contributed by atoms with van der Waals surface area (Å²) in [6.07, 6.45) is 5.32. The van der Waals surface area contributed by atoms with Crippen molar-refractivity contribution < 1.29 is 19.2 Å². The summed E-state index contributed by atoms with van der Waals surface area (Å²) < 4.78 is 0. The quantitative estimate of drug-likeness (QED) is 0.462. The lowest BCUT2D eigenvalue weighted by molar-refractivity contribution is -0.145. The van der Waals surface area contributed by atoms with Crippen LogP contribution in [-0.2, 0) is 25.6 Å². The standard InChI is InChI=1S/C25H35N5O4/c1-16(2)23(28-24(33)20(15-26)30-21(31)8-9-22(30)32)25(34)27-19-7-5-4-6-18(19)14-17-10-12-29(3)13-11-17/h4-9,16-17,20,23H,10-15,26H2,1-3H3,(H,27,34)(H,28,33)/t20-,23-/m0/s1. The van der Waals surface area contributed by atoms with E-state index >= 15 is 0 Å². The van der Waals surface area contributed by atoms with Crippen LogP contribution in [0.15, 0.2) is 36.4 Å². The highest BCUT2D eigenvalue weighted by Gasteiger charge is 2.37. The van der Waals surface area contributed by atoms with Crippen LogP contribution in [0, 0.1) is 11.8 Å². The fourth-order valence-electron chi connectivity index (χ4n) is 4.44. The summed E-state index contributed by atoms with van der Waals surface area (Å²) in [5, 5.41) is 5.69. The van der Waals surface area contributed by atoms with Crippen LogP contribution in [0.3, 0.4) is 0 Å². The first kappa shape index (κ1) is 25.6. The van der Waals surface area contributed by atoms with Crippen LogP contribution in [-0.4, -0.2) is 72.2 Å². The Morgan fingerprint density at radius 3 is 2.26 bits per heavy atom. The maximum Gasteiger partial charge on any atom is 0.254 e. The maximum absolute atomic E-state index is 13.2. The van der Waals surface area contributed by atoms with Gasteiger partial charge in [-0.15, -0.1) is 0 Å². The molecular formula is C25H35N5O4. The number of amides is 4. The van der Waals surface area contributed by atoms with Gasteiger partial charge in [0.15, 0.2) is 0 Å². The minimum Gasteiger partial charge on any atom is -0.342 e. The van der Waals surface area contributed by atoms with Crippen molar-refractivity contribution in [3.63, 3.8) is 0 Å². The van der Waals surface area contributed by atoms with E-state index in [2.05, 4.69) is 22.6 Å². The zero-order valence-electron chi connectivity index (χ0n) is 20.1. The molecule has 34 heavy (non-hydrogen) atoms. The van der Waals surface area contributed by atoms with Crippen molar-refractivity contribution in [3.8, 4) is 0 Å². The van der Waals surface area contributed by atoms with E-state index in [0.717, 1.165) is 60.7 Å². The number of carbonyl (C=O) groups is 4. The van der Waals surface area contributed by atoms with E-state index in [-0.39, 0.29) is 18.4 Å². The molecule has 3 rings (SSSR count). The molecule has 1 fully saturated rings. The van der Waals surface area contributed by atoms with Crippen molar-refractivity contribution >= 4 is 29.3 Å². The van der Waals surface area contributed by atoms with Crippen molar-refractivity contribution in [1.29, 1.82) is 0 Å². The number of hydrogen-bond acceptors (Lipinski definition) is 6. The lowest BCUT2D eigenvalue weighted by Crippen LogP contribution is -2.57. The topological polar surface area (TPSA) is 125 Å². The molecule has 0 bridgehead atoms. The van der Waals surface area contributed by atoms with Gasteiger partial charge in [0, 0.05) is 24.4 Å². The number of rotatable bonds is 9. The van der Waals surface area contributed by atoms with Crippen LogP contribution in [0.2, 0.25) is 0 Å². The predicted octanol–water partition coefficient (Wildman–Crippen LogP) is 0.903. The molecule has 0 saturated carbocycles. The number of anilines is 1. The van der Waals surface area contributed by atoms with Gasteiger partial charge in [0.1, 0.15) is 12.1 Å². The summed E-state index contributed by atoms with van der Waals surface area (Å²) in [4.78, 5) is 53.3. The molecule has 4 N–H and O–H groups in total. The smallest absolute Gasteiger partial charge is 0.254 e. The van der Waals surface area contributed by atoms with E-state index in [1.165, 1.54) is 0 Å². The molecule has 0 aromatic heterocycles. The van der Waals surface area contributed by atoms with Gasteiger partial charge in [0.2, 0.25) is 11.8 Å². The third kappa shape index (κ3) is 6.09. The number of nitrogens with zero attached hydrogens (tertiary/aromatic N) is 2. The summed E-state index contributed by atoms with van der Waals surface area (Å²) in [6.45, 7) is 5.54. The fraction of sp³-hybridized carbons (Fsp3) is 0.520. The van der Waals surface area contributed by atoms with Gasteiger partial charge >= 0.3 is 0 Å². The maximum atomic E-state index is 13.2. The van der Waals surface area contributed by atoms with Gasteiger partial charge in [-0.2, -0.15) is 0 Å². The number of imide groups is 1. The third-order valence-electron chi connectivity index (χ3n) is 6.55. The number of para-hydroxylation sites is 1. The molecule has 2 aliphatic heterocycles. The van der Waals surface area contributed by atoms with Gasteiger partial charge in [-0.05, 0) is 62.9 Å². The first-order chi connectivity index (χ1) is 16.2. The minimum atomic E-state index is -1.18. The van der Waals surface area contributed by atoms with Crippen LogP contribution < -0.4 is 16.4 Å². The highest BCUT2D eigenvalue weighted by atomic mass is 16.2. The Hall–Kier alpha value is -3.04. The molecule has 1 aromatic carbocycles. The first-order valence-electron chi connectivity index (χ1n) is 11.8. The lowest BCUT2D eigenvalue weighted by Gasteiger charge is -2.30. The Morgan fingerprint density at radius 1 is 1.06 bits per heavy atom. The van der Waals surface area contributed by atoms with Crippen LogP contribution in [0.1, 0.15) is 32.3 Å². The lowest BCUT2D eigenvalue weighted by atomic mass is 9.89. The van der Waals surface area contributed by atoms with E-state index in [0.29, 0.717) is 5.92 Å². The molecular weight excluding hydrogens is 434 g/mol. The van der Waals surface area contributed by atoms with Crippen molar-refractivity contribution in [2.24, 2.45) is 17.6 Å². The fourth-order valence-corrected chi connectivity index (χ4v) is 4.44. The number of nitrogens with two attached hydrogens (primary N) is 1. The van der Waals surface area contributed by atoms with Crippen LogP contribution in [0.4, 0.5) is 5.69 Å². The Morgan fingerprint density at radius 2 is 1.68 bits per heavy atom. The molecule has 4 amide bonds. The first-order valence-corrected chi connectivity index (χ1v) is 11.8. The molecule has 0 spiro atoms. The van der Waals surface area contributed by atoms with Gasteiger partial charge in [-0.25, -0.2) is 0 Å². The molecule has 1 aromatic rings. The second kappa shape index (κ2) is 11.4. The van der Waals surface area contributed by atoms with Gasteiger partial charge < -0.3 is 21.3 Å². The number of piperidine rings is 1. The minimum absolute atomic E-state index is 0.230. The highest BCUT2D eigenvalue weighted by Crippen LogP contribution is 2.25. The molecule has 9 nitrogen and oxygen atoms in total. The molecule has 184 valence electrons. The SMILES string of the molecule is CC(C)[C@H](NC(=O)[C@H](CN)N1C(=O)C=CC1=O)C(=O)Nc1ccccc1CC1CCN(C)CC1. The molecule has 2 heterocycles. The predicted molar refractivity (Wildman–Crippen MR) is 130 cm³/mol. The van der Waals surface area contributed by atoms with Crippen molar-refractivity contribution in [1.82, 2.24) is 15.1 Å².